The van der Waals surface area contributed by atoms with E-state index in [1.807, 2.05) is 55.5 Å². The summed E-state index contributed by atoms with van der Waals surface area (Å²) < 4.78 is 28.4. The van der Waals surface area contributed by atoms with Gasteiger partial charge in [-0.2, -0.15) is 0 Å². The van der Waals surface area contributed by atoms with Gasteiger partial charge in [0.05, 0.1) is 32.4 Å². The number of benzene rings is 4. The molecule has 1 amide bonds. The van der Waals surface area contributed by atoms with Crippen LogP contribution < -0.4 is 9.21 Å². The number of nitrogens with zero attached hydrogens (tertiary/aromatic N) is 3. The van der Waals surface area contributed by atoms with Crippen molar-refractivity contribution in [2.75, 3.05) is 16.3 Å². The van der Waals surface area contributed by atoms with Crippen LogP contribution in [0.2, 0.25) is 5.02 Å². The molecule has 0 aliphatic rings. The highest BCUT2D eigenvalue weighted by molar-refractivity contribution is 7.92. The maximum atomic E-state index is 13.8. The lowest BCUT2D eigenvalue weighted by Gasteiger charge is -2.21. The fraction of sp³-hybridized carbons (Fsp3) is 0.103. The van der Waals surface area contributed by atoms with E-state index < -0.39 is 10.0 Å². The molecule has 0 saturated carbocycles. The molecule has 0 saturated heterocycles. The Morgan fingerprint density at radius 3 is 2.16 bits per heavy atom. The molecule has 0 bridgehead atoms. The Labute approximate surface area is 230 Å². The number of fused-ring (bicyclic) bond motifs is 1. The monoisotopic (exact) mass is 561 g/mol. The van der Waals surface area contributed by atoms with E-state index in [0.717, 1.165) is 21.3 Å². The number of para-hydroxylation sites is 1. The van der Waals surface area contributed by atoms with Crippen LogP contribution in [0.4, 0.5) is 10.8 Å². The number of amides is 1. The Balaban J connectivity index is 1.50. The summed E-state index contributed by atoms with van der Waals surface area (Å²) >= 11 is 7.80. The number of rotatable bonds is 7. The molecule has 192 valence electrons. The summed E-state index contributed by atoms with van der Waals surface area (Å²) in [5.41, 5.74) is 3.56. The van der Waals surface area contributed by atoms with Crippen molar-refractivity contribution < 1.29 is 13.2 Å². The fourth-order valence-corrected chi connectivity index (χ4v) is 6.57. The normalized spacial score (nSPS) is 11.4. The molecule has 0 atom stereocenters. The van der Waals surface area contributed by atoms with Gasteiger partial charge in [-0.15, -0.1) is 0 Å². The van der Waals surface area contributed by atoms with Crippen molar-refractivity contribution in [3.8, 4) is 0 Å². The standard InChI is InChI=1S/C29H24ClN3O3S2/c1-20-13-18-25(30)27-26(20)31-29(37-27)33(19-21-9-5-3-6-10-21)28(34)22-14-16-24(17-15-22)38(35,36)32(2)23-11-7-4-8-12-23/h3-18H,19H2,1-2H3. The van der Waals surface area contributed by atoms with Crippen molar-refractivity contribution in [3.05, 3.63) is 119 Å². The summed E-state index contributed by atoms with van der Waals surface area (Å²) in [5, 5.41) is 1.10. The second-order valence-electron chi connectivity index (χ2n) is 8.75. The number of halogens is 1. The molecule has 6 nitrogen and oxygen atoms in total. The lowest BCUT2D eigenvalue weighted by Crippen LogP contribution is -2.30. The molecule has 0 aliphatic heterocycles. The molecule has 5 rings (SSSR count). The zero-order chi connectivity index (χ0) is 26.9. The van der Waals surface area contributed by atoms with Crippen LogP contribution in [0.5, 0.6) is 0 Å². The molecule has 5 aromatic rings. The van der Waals surface area contributed by atoms with Crippen molar-refractivity contribution >= 4 is 59.9 Å². The molecule has 0 radical (unpaired) electrons. The van der Waals surface area contributed by atoms with Gasteiger partial charge in [0.1, 0.15) is 0 Å². The molecule has 38 heavy (non-hydrogen) atoms. The van der Waals surface area contributed by atoms with E-state index in [4.69, 9.17) is 16.6 Å². The van der Waals surface area contributed by atoms with Gasteiger partial charge in [0, 0.05) is 12.6 Å². The molecule has 9 heteroatoms. The number of hydrogen-bond acceptors (Lipinski definition) is 5. The van der Waals surface area contributed by atoms with Gasteiger partial charge < -0.3 is 0 Å². The van der Waals surface area contributed by atoms with Crippen LogP contribution in [0.25, 0.3) is 10.2 Å². The zero-order valence-corrected chi connectivity index (χ0v) is 23.1. The average Bonchev–Trinajstić information content (AvgIpc) is 3.41. The first-order valence-electron chi connectivity index (χ1n) is 11.8. The van der Waals surface area contributed by atoms with Crippen LogP contribution in [-0.2, 0) is 16.6 Å². The van der Waals surface area contributed by atoms with Crippen molar-refractivity contribution in [1.29, 1.82) is 0 Å². The minimum Gasteiger partial charge on any atom is -0.279 e. The van der Waals surface area contributed by atoms with Gasteiger partial charge in [0.25, 0.3) is 15.9 Å². The smallest absolute Gasteiger partial charge is 0.264 e. The van der Waals surface area contributed by atoms with Crippen LogP contribution in [0.3, 0.4) is 0 Å². The molecular formula is C29H24ClN3O3S2. The Bertz CT molecular complexity index is 1670. The summed E-state index contributed by atoms with van der Waals surface area (Å²) in [4.78, 5) is 20.3. The maximum Gasteiger partial charge on any atom is 0.264 e. The van der Waals surface area contributed by atoms with Crippen molar-refractivity contribution in [2.45, 2.75) is 18.4 Å². The Morgan fingerprint density at radius 2 is 1.53 bits per heavy atom. The minimum absolute atomic E-state index is 0.0948. The molecule has 0 fully saturated rings. The van der Waals surface area contributed by atoms with E-state index >= 15 is 0 Å². The number of thiazole rings is 1. The van der Waals surface area contributed by atoms with E-state index in [2.05, 4.69) is 0 Å². The third-order valence-electron chi connectivity index (χ3n) is 6.23. The van der Waals surface area contributed by atoms with Crippen molar-refractivity contribution in [2.24, 2.45) is 0 Å². The van der Waals surface area contributed by atoms with Gasteiger partial charge in [-0.05, 0) is 60.5 Å². The van der Waals surface area contributed by atoms with Crippen LogP contribution in [0.1, 0.15) is 21.5 Å². The quantitative estimate of drug-likeness (QED) is 0.216. The van der Waals surface area contributed by atoms with Gasteiger partial charge in [-0.1, -0.05) is 77.5 Å². The van der Waals surface area contributed by atoms with E-state index in [1.165, 1.54) is 47.0 Å². The van der Waals surface area contributed by atoms with Gasteiger partial charge >= 0.3 is 0 Å². The third-order valence-corrected chi connectivity index (χ3v) is 9.56. The summed E-state index contributed by atoms with van der Waals surface area (Å²) in [6, 6.07) is 28.2. The minimum atomic E-state index is -3.80. The Kier molecular flexibility index (Phi) is 7.21. The molecule has 0 unspecified atom stereocenters. The Morgan fingerprint density at radius 1 is 0.895 bits per heavy atom. The molecule has 0 spiro atoms. The summed E-state index contributed by atoms with van der Waals surface area (Å²) in [6.45, 7) is 2.25. The van der Waals surface area contributed by atoms with Crippen LogP contribution in [0, 0.1) is 6.92 Å². The predicted octanol–water partition coefficient (Wildman–Crippen LogP) is 6.93. The van der Waals surface area contributed by atoms with Crippen LogP contribution in [0.15, 0.2) is 102 Å². The van der Waals surface area contributed by atoms with Crippen molar-refractivity contribution in [3.63, 3.8) is 0 Å². The number of sulfonamides is 1. The Hall–Kier alpha value is -3.72. The van der Waals surface area contributed by atoms with Gasteiger partial charge in [-0.3, -0.25) is 14.0 Å². The fourth-order valence-electron chi connectivity index (χ4n) is 4.06. The third kappa shape index (κ3) is 5.03. The molecule has 0 N–H and O–H groups in total. The molecular weight excluding hydrogens is 538 g/mol. The highest BCUT2D eigenvalue weighted by Gasteiger charge is 2.25. The lowest BCUT2D eigenvalue weighted by atomic mass is 10.1. The van der Waals surface area contributed by atoms with E-state index in [0.29, 0.717) is 27.9 Å². The highest BCUT2D eigenvalue weighted by Crippen LogP contribution is 2.36. The molecule has 1 heterocycles. The average molecular weight is 562 g/mol. The van der Waals surface area contributed by atoms with Gasteiger partial charge in [0.2, 0.25) is 0 Å². The first-order valence-corrected chi connectivity index (χ1v) is 14.4. The summed E-state index contributed by atoms with van der Waals surface area (Å²) in [6.07, 6.45) is 0. The largest absolute Gasteiger partial charge is 0.279 e. The van der Waals surface area contributed by atoms with E-state index in [9.17, 15) is 13.2 Å². The van der Waals surface area contributed by atoms with E-state index in [1.54, 1.807) is 29.2 Å². The topological polar surface area (TPSA) is 70.6 Å². The van der Waals surface area contributed by atoms with Gasteiger partial charge in [0.15, 0.2) is 5.13 Å². The van der Waals surface area contributed by atoms with Crippen LogP contribution in [-0.4, -0.2) is 26.4 Å². The predicted molar refractivity (Wildman–Crippen MR) is 155 cm³/mol. The number of aryl methyl sites for hydroxylation is 1. The lowest BCUT2D eigenvalue weighted by molar-refractivity contribution is 0.0985. The summed E-state index contributed by atoms with van der Waals surface area (Å²) in [7, 11) is -2.29. The number of anilines is 2. The maximum absolute atomic E-state index is 13.8. The number of carbonyl (C=O) groups is 1. The molecule has 1 aromatic heterocycles. The first-order chi connectivity index (χ1) is 18.3. The molecule has 0 aliphatic carbocycles. The zero-order valence-electron chi connectivity index (χ0n) is 20.7. The van der Waals surface area contributed by atoms with Crippen molar-refractivity contribution in [1.82, 2.24) is 4.98 Å². The van der Waals surface area contributed by atoms with Gasteiger partial charge in [-0.25, -0.2) is 13.4 Å². The van der Waals surface area contributed by atoms with Crippen LogP contribution >= 0.6 is 22.9 Å². The first kappa shape index (κ1) is 25.9. The number of hydrogen-bond donors (Lipinski definition) is 0. The SMILES string of the molecule is Cc1ccc(Cl)c2sc(N(Cc3ccccc3)C(=O)c3ccc(S(=O)(=O)N(C)c4ccccc4)cc3)nc12. The second kappa shape index (κ2) is 10.6. The summed E-state index contributed by atoms with van der Waals surface area (Å²) in [5.74, 6) is -0.290. The number of carbonyl (C=O) groups excluding carboxylic acids is 1. The number of aromatic nitrogens is 1. The molecule has 4 aromatic carbocycles. The highest BCUT2D eigenvalue weighted by atomic mass is 35.5. The second-order valence-corrected chi connectivity index (χ2v) is 12.1. The van der Waals surface area contributed by atoms with E-state index in [-0.39, 0.29) is 10.8 Å².